The smallest absolute Gasteiger partial charge is 0.253 e. The maximum Gasteiger partial charge on any atom is 0.253 e. The molecule has 4 heteroatoms. The fourth-order valence-corrected chi connectivity index (χ4v) is 4.37. The average molecular weight is 416 g/mol. The Morgan fingerprint density at radius 2 is 1.48 bits per heavy atom. The number of piperidine rings is 1. The van der Waals surface area contributed by atoms with E-state index in [4.69, 9.17) is 5.10 Å². The number of amides is 1. The Morgan fingerprint density at radius 3 is 2.06 bits per heavy atom. The van der Waals surface area contributed by atoms with Gasteiger partial charge in [0.1, 0.15) is 0 Å². The van der Waals surface area contributed by atoms with Crippen molar-refractivity contribution in [3.05, 3.63) is 77.6 Å². The highest BCUT2D eigenvalue weighted by Crippen LogP contribution is 2.30. The Labute approximate surface area is 185 Å². The fourth-order valence-electron chi connectivity index (χ4n) is 4.37. The maximum absolute atomic E-state index is 13.1. The quantitative estimate of drug-likeness (QED) is 0.492. The van der Waals surface area contributed by atoms with Crippen LogP contribution in [-0.4, -0.2) is 33.7 Å². The lowest BCUT2D eigenvalue weighted by Crippen LogP contribution is -2.39. The van der Waals surface area contributed by atoms with E-state index in [9.17, 15) is 4.79 Å². The summed E-state index contributed by atoms with van der Waals surface area (Å²) < 4.78 is 2.25. The summed E-state index contributed by atoms with van der Waals surface area (Å²) in [6, 6.07) is 20.9. The van der Waals surface area contributed by atoms with Crippen molar-refractivity contribution in [2.24, 2.45) is 0 Å². The van der Waals surface area contributed by atoms with E-state index >= 15 is 0 Å². The number of hydrogen-bond donors (Lipinski definition) is 0. The van der Waals surface area contributed by atoms with Crippen molar-refractivity contribution in [3.63, 3.8) is 0 Å². The fraction of sp³-hybridized carbons (Fsp3) is 0.407. The molecule has 0 aliphatic carbocycles. The minimum atomic E-state index is 0.130. The minimum Gasteiger partial charge on any atom is -0.338 e. The predicted octanol–water partition coefficient (Wildman–Crippen LogP) is 6.27. The number of rotatable bonds is 5. The molecule has 1 aromatic heterocycles. The molecule has 31 heavy (non-hydrogen) atoms. The van der Waals surface area contributed by atoms with Crippen LogP contribution >= 0.6 is 0 Å². The predicted molar refractivity (Wildman–Crippen MR) is 126 cm³/mol. The molecule has 1 amide bonds. The third-order valence-corrected chi connectivity index (χ3v) is 6.30. The van der Waals surface area contributed by atoms with Crippen LogP contribution in [0.2, 0.25) is 0 Å². The van der Waals surface area contributed by atoms with Gasteiger partial charge in [0.25, 0.3) is 5.91 Å². The van der Waals surface area contributed by atoms with E-state index in [1.165, 1.54) is 17.0 Å². The molecule has 0 saturated carbocycles. The molecule has 1 fully saturated rings. The monoisotopic (exact) mass is 415 g/mol. The van der Waals surface area contributed by atoms with Crippen LogP contribution < -0.4 is 0 Å². The molecule has 0 atom stereocenters. The lowest BCUT2D eigenvalue weighted by atomic mass is 10.0. The largest absolute Gasteiger partial charge is 0.338 e. The maximum atomic E-state index is 13.1. The van der Waals surface area contributed by atoms with Crippen LogP contribution in [0.15, 0.2) is 60.7 Å². The van der Waals surface area contributed by atoms with Gasteiger partial charge in [-0.05, 0) is 54.0 Å². The van der Waals surface area contributed by atoms with Crippen LogP contribution in [0.1, 0.15) is 80.2 Å². The van der Waals surface area contributed by atoms with Gasteiger partial charge < -0.3 is 4.90 Å². The van der Waals surface area contributed by atoms with Gasteiger partial charge in [0, 0.05) is 24.3 Å². The summed E-state index contributed by atoms with van der Waals surface area (Å²) in [4.78, 5) is 15.1. The highest BCUT2D eigenvalue weighted by Gasteiger charge is 2.27. The topological polar surface area (TPSA) is 38.1 Å². The Hall–Kier alpha value is -2.88. The summed E-state index contributed by atoms with van der Waals surface area (Å²) in [5, 5.41) is 4.93. The number of carbonyl (C=O) groups excluding carboxylic acids is 1. The molecule has 0 bridgehead atoms. The molecule has 0 N–H and O–H groups in total. The van der Waals surface area contributed by atoms with E-state index in [0.717, 1.165) is 37.1 Å². The molecule has 4 rings (SSSR count). The van der Waals surface area contributed by atoms with Gasteiger partial charge in [0.2, 0.25) is 0 Å². The van der Waals surface area contributed by atoms with Crippen molar-refractivity contribution in [1.29, 1.82) is 0 Å². The lowest BCUT2D eigenvalue weighted by Gasteiger charge is -2.33. The molecule has 4 nitrogen and oxygen atoms in total. The van der Waals surface area contributed by atoms with E-state index in [0.29, 0.717) is 17.9 Å². The van der Waals surface area contributed by atoms with Crippen LogP contribution in [0.25, 0.3) is 11.1 Å². The summed E-state index contributed by atoms with van der Waals surface area (Å²) in [5.74, 6) is 1.01. The summed E-state index contributed by atoms with van der Waals surface area (Å²) in [6.45, 7) is 10.4. The highest BCUT2D eigenvalue weighted by atomic mass is 16.2. The van der Waals surface area contributed by atoms with Gasteiger partial charge in [-0.2, -0.15) is 5.10 Å². The molecule has 1 saturated heterocycles. The SMILES string of the molecule is CC(C)c1cc(C(C)C)n(C2CCN(C(=O)c3ccc(-c4ccccc4)cc3)CC2)n1. The van der Waals surface area contributed by atoms with E-state index in [-0.39, 0.29) is 5.91 Å². The zero-order chi connectivity index (χ0) is 22.0. The third-order valence-electron chi connectivity index (χ3n) is 6.30. The van der Waals surface area contributed by atoms with Crippen molar-refractivity contribution in [1.82, 2.24) is 14.7 Å². The standard InChI is InChI=1S/C27H33N3O/c1-19(2)25-18-26(20(3)4)30(28-25)24-14-16-29(17-15-24)27(31)23-12-10-22(11-13-23)21-8-6-5-7-9-21/h5-13,18-20,24H,14-17H2,1-4H3. The van der Waals surface area contributed by atoms with Crippen LogP contribution in [-0.2, 0) is 0 Å². The van der Waals surface area contributed by atoms with Crippen LogP contribution in [0.4, 0.5) is 0 Å². The van der Waals surface area contributed by atoms with Crippen molar-refractivity contribution >= 4 is 5.91 Å². The first-order valence-electron chi connectivity index (χ1n) is 11.5. The van der Waals surface area contributed by atoms with E-state index < -0.39 is 0 Å². The molecule has 0 spiro atoms. The molecule has 2 aromatic carbocycles. The normalized spacial score (nSPS) is 15.1. The van der Waals surface area contributed by atoms with Gasteiger partial charge in [-0.1, -0.05) is 70.2 Å². The Kier molecular flexibility index (Phi) is 6.26. The van der Waals surface area contributed by atoms with Crippen LogP contribution in [0, 0.1) is 0 Å². The van der Waals surface area contributed by atoms with Gasteiger partial charge in [-0.25, -0.2) is 0 Å². The van der Waals surface area contributed by atoms with E-state index in [1.807, 2.05) is 47.4 Å². The Bertz CT molecular complexity index is 1010. The Balaban J connectivity index is 1.43. The summed E-state index contributed by atoms with van der Waals surface area (Å²) >= 11 is 0. The first-order chi connectivity index (χ1) is 14.9. The molecular weight excluding hydrogens is 382 g/mol. The average Bonchev–Trinajstić information content (AvgIpc) is 3.26. The van der Waals surface area contributed by atoms with Crippen molar-refractivity contribution in [3.8, 4) is 11.1 Å². The van der Waals surface area contributed by atoms with E-state index in [1.54, 1.807) is 0 Å². The van der Waals surface area contributed by atoms with Gasteiger partial charge in [0.05, 0.1) is 11.7 Å². The number of carbonyl (C=O) groups is 1. The first kappa shape index (κ1) is 21.4. The van der Waals surface area contributed by atoms with Crippen molar-refractivity contribution in [2.45, 2.75) is 58.4 Å². The molecule has 3 aromatic rings. The zero-order valence-corrected chi connectivity index (χ0v) is 19.1. The molecule has 0 radical (unpaired) electrons. The molecule has 1 aliphatic rings. The molecular formula is C27H33N3O. The number of benzene rings is 2. The van der Waals surface area contributed by atoms with Gasteiger partial charge in [0.15, 0.2) is 0 Å². The first-order valence-corrected chi connectivity index (χ1v) is 11.5. The van der Waals surface area contributed by atoms with Gasteiger partial charge in [-0.3, -0.25) is 9.48 Å². The second-order valence-corrected chi connectivity index (χ2v) is 9.21. The van der Waals surface area contributed by atoms with Crippen molar-refractivity contribution in [2.75, 3.05) is 13.1 Å². The summed E-state index contributed by atoms with van der Waals surface area (Å²) in [5.41, 5.74) is 5.55. The van der Waals surface area contributed by atoms with Crippen molar-refractivity contribution < 1.29 is 4.79 Å². The summed E-state index contributed by atoms with van der Waals surface area (Å²) in [7, 11) is 0. The number of nitrogens with zero attached hydrogens (tertiary/aromatic N) is 3. The lowest BCUT2D eigenvalue weighted by molar-refractivity contribution is 0.0688. The van der Waals surface area contributed by atoms with Gasteiger partial charge in [-0.15, -0.1) is 0 Å². The van der Waals surface area contributed by atoms with Crippen LogP contribution in [0.3, 0.4) is 0 Å². The number of likely N-dealkylation sites (tertiary alicyclic amines) is 1. The molecule has 2 heterocycles. The summed E-state index contributed by atoms with van der Waals surface area (Å²) in [6.07, 6.45) is 1.90. The second-order valence-electron chi connectivity index (χ2n) is 9.21. The molecule has 1 aliphatic heterocycles. The van der Waals surface area contributed by atoms with Gasteiger partial charge >= 0.3 is 0 Å². The van der Waals surface area contributed by atoms with E-state index in [2.05, 4.69) is 50.6 Å². The second kappa shape index (κ2) is 9.09. The minimum absolute atomic E-state index is 0.130. The molecule has 162 valence electrons. The molecule has 0 unspecified atom stereocenters. The highest BCUT2D eigenvalue weighted by molar-refractivity contribution is 5.94. The Morgan fingerprint density at radius 1 is 0.871 bits per heavy atom. The number of hydrogen-bond acceptors (Lipinski definition) is 2. The number of aromatic nitrogens is 2. The zero-order valence-electron chi connectivity index (χ0n) is 19.1. The van der Waals surface area contributed by atoms with Crippen LogP contribution in [0.5, 0.6) is 0 Å². The third kappa shape index (κ3) is 4.58.